The van der Waals surface area contributed by atoms with Gasteiger partial charge in [-0.15, -0.1) is 5.10 Å². The third-order valence-electron chi connectivity index (χ3n) is 4.13. The number of hydrogen-bond acceptors (Lipinski definition) is 6. The number of hydrogen-bond donors (Lipinski definition) is 2. The van der Waals surface area contributed by atoms with Gasteiger partial charge in [-0.25, -0.2) is 5.10 Å². The fourth-order valence-corrected chi connectivity index (χ4v) is 2.78. The van der Waals surface area contributed by atoms with Crippen LogP contribution in [0.4, 0.5) is 0 Å². The molecular weight excluding hydrogens is 355 g/mol. The molecule has 0 bridgehead atoms. The van der Waals surface area contributed by atoms with Gasteiger partial charge in [-0.1, -0.05) is 19.4 Å². The second-order valence-corrected chi connectivity index (χ2v) is 5.97. The van der Waals surface area contributed by atoms with Crippen LogP contribution < -0.4 is 4.74 Å². The van der Waals surface area contributed by atoms with Gasteiger partial charge in [-0.05, 0) is 59.7 Å². The molecule has 0 saturated carbocycles. The van der Waals surface area contributed by atoms with Gasteiger partial charge in [0.1, 0.15) is 18.1 Å². The van der Waals surface area contributed by atoms with E-state index in [1.165, 1.54) is 6.92 Å². The maximum absolute atomic E-state index is 11.6. The van der Waals surface area contributed by atoms with Gasteiger partial charge in [-0.3, -0.25) is 4.79 Å². The molecule has 0 aliphatic rings. The van der Waals surface area contributed by atoms with Gasteiger partial charge < -0.3 is 9.84 Å². The van der Waals surface area contributed by atoms with Crippen LogP contribution in [0.5, 0.6) is 11.5 Å². The summed E-state index contributed by atoms with van der Waals surface area (Å²) in [4.78, 5) is 11.6. The Morgan fingerprint density at radius 3 is 2.52 bits per heavy atom. The Morgan fingerprint density at radius 2 is 1.93 bits per heavy atom. The summed E-state index contributed by atoms with van der Waals surface area (Å²) in [7, 11) is 0. The Bertz CT molecular complexity index is 896. The van der Waals surface area contributed by atoms with E-state index in [2.05, 4.69) is 20.6 Å². The molecule has 0 spiro atoms. The van der Waals surface area contributed by atoms with Crippen molar-refractivity contribution in [1.82, 2.24) is 20.6 Å². The number of benzene rings is 2. The Balaban J connectivity index is 0.00000261. The number of aromatic hydroxyl groups is 1. The molecule has 0 fully saturated rings. The van der Waals surface area contributed by atoms with Crippen molar-refractivity contribution in [3.8, 4) is 22.9 Å². The topological polar surface area (TPSA) is 101 Å². The van der Waals surface area contributed by atoms with E-state index in [-0.39, 0.29) is 41.1 Å². The van der Waals surface area contributed by atoms with Crippen molar-refractivity contribution in [1.29, 1.82) is 0 Å². The molecule has 0 radical (unpaired) electrons. The van der Waals surface area contributed by atoms with Crippen LogP contribution in [-0.2, 0) is 13.0 Å². The fourth-order valence-electron chi connectivity index (χ4n) is 2.78. The third kappa shape index (κ3) is 4.94. The molecule has 0 aliphatic heterocycles. The summed E-state index contributed by atoms with van der Waals surface area (Å²) in [6, 6.07) is 10.9. The summed E-state index contributed by atoms with van der Waals surface area (Å²) in [5.41, 5.74) is 2.85. The Morgan fingerprint density at radius 1 is 1.19 bits per heavy atom. The van der Waals surface area contributed by atoms with Gasteiger partial charge in [0.15, 0.2) is 11.6 Å². The number of aromatic amines is 1. The summed E-state index contributed by atoms with van der Waals surface area (Å²) < 4.78 is 5.85. The minimum absolute atomic E-state index is 0. The number of nitrogens with zero attached hydrogens (tertiary/aromatic N) is 3. The van der Waals surface area contributed by atoms with Crippen molar-refractivity contribution in [2.24, 2.45) is 0 Å². The predicted octanol–water partition coefficient (Wildman–Crippen LogP) is 2.66. The summed E-state index contributed by atoms with van der Waals surface area (Å²) >= 11 is 0. The second-order valence-electron chi connectivity index (χ2n) is 5.97. The average molecular weight is 376 g/mol. The molecule has 2 N–H and O–H groups in total. The molecular formula is C19H21N4NaO3. The van der Waals surface area contributed by atoms with E-state index in [0.717, 1.165) is 23.1 Å². The third-order valence-corrected chi connectivity index (χ3v) is 4.13. The van der Waals surface area contributed by atoms with Gasteiger partial charge in [0.2, 0.25) is 0 Å². The van der Waals surface area contributed by atoms with Gasteiger partial charge in [0.25, 0.3) is 0 Å². The first kappa shape index (κ1) is 21.1. The van der Waals surface area contributed by atoms with Gasteiger partial charge in [-0.2, -0.15) is 0 Å². The molecule has 8 heteroatoms. The van der Waals surface area contributed by atoms with E-state index in [9.17, 15) is 9.90 Å². The second kappa shape index (κ2) is 9.64. The Labute approximate surface area is 179 Å². The van der Waals surface area contributed by atoms with Crippen molar-refractivity contribution in [3.05, 3.63) is 53.1 Å². The minimum atomic E-state index is -0.148. The van der Waals surface area contributed by atoms with Crippen LogP contribution in [0.25, 0.3) is 11.4 Å². The number of ketones is 1. The van der Waals surface area contributed by atoms with E-state index in [1.807, 2.05) is 37.3 Å². The fraction of sp³-hybridized carbons (Fsp3) is 0.263. The van der Waals surface area contributed by atoms with E-state index in [4.69, 9.17) is 4.74 Å². The summed E-state index contributed by atoms with van der Waals surface area (Å²) in [6.45, 7) is 3.79. The number of phenolic OH excluding ortho intramolecular Hbond substituents is 1. The van der Waals surface area contributed by atoms with Crippen LogP contribution in [0, 0.1) is 0 Å². The van der Waals surface area contributed by atoms with E-state index in [0.29, 0.717) is 30.2 Å². The van der Waals surface area contributed by atoms with E-state index >= 15 is 0 Å². The molecule has 0 atom stereocenters. The number of tetrazole rings is 1. The first-order valence-electron chi connectivity index (χ1n) is 8.41. The predicted molar refractivity (Wildman–Crippen MR) is 103 cm³/mol. The quantitative estimate of drug-likeness (QED) is 0.486. The number of H-pyrrole nitrogens is 1. The van der Waals surface area contributed by atoms with Crippen molar-refractivity contribution >= 4 is 35.3 Å². The van der Waals surface area contributed by atoms with E-state index in [1.54, 1.807) is 6.07 Å². The zero-order valence-electron chi connectivity index (χ0n) is 14.7. The Kier molecular flexibility index (Phi) is 7.53. The number of carbonyl (C=O) groups excluding carboxylic acids is 1. The van der Waals surface area contributed by atoms with Crippen molar-refractivity contribution < 1.29 is 14.6 Å². The molecule has 2 aromatic carbocycles. The standard InChI is InChI=1S/C19H20N4O3.Na.H/c1-3-4-17-14(7-10-16(12(2)24)18(17)25)11-26-15-8-5-13(6-9-15)19-20-22-23-21-19;;/h5-10,25H,3-4,11H2,1-2H3,(H,20,21,22,23);;. The van der Waals surface area contributed by atoms with Crippen molar-refractivity contribution in [3.63, 3.8) is 0 Å². The van der Waals surface area contributed by atoms with Crippen LogP contribution in [0.3, 0.4) is 0 Å². The van der Waals surface area contributed by atoms with Crippen LogP contribution in [0.1, 0.15) is 41.8 Å². The van der Waals surface area contributed by atoms with Crippen molar-refractivity contribution in [2.75, 3.05) is 0 Å². The maximum atomic E-state index is 11.6. The molecule has 0 aliphatic carbocycles. The first-order chi connectivity index (χ1) is 12.6. The first-order valence-corrected chi connectivity index (χ1v) is 8.41. The molecule has 0 saturated heterocycles. The monoisotopic (exact) mass is 376 g/mol. The number of nitrogens with one attached hydrogen (secondary N) is 1. The zero-order valence-corrected chi connectivity index (χ0v) is 14.7. The van der Waals surface area contributed by atoms with Gasteiger partial charge in [0.05, 0.1) is 5.56 Å². The number of aromatic nitrogens is 4. The molecule has 1 heterocycles. The SMILES string of the molecule is CCCc1c(COc2ccc(-c3nnn[nH]3)cc2)ccc(C(C)=O)c1O.[NaH]. The van der Waals surface area contributed by atoms with Crippen LogP contribution in [0.15, 0.2) is 36.4 Å². The number of Topliss-reactive ketones (excluding diaryl/α,β-unsaturated/α-hetero) is 1. The number of ether oxygens (including phenoxy) is 1. The summed E-state index contributed by atoms with van der Waals surface area (Å²) in [6.07, 6.45) is 1.55. The van der Waals surface area contributed by atoms with Crippen LogP contribution >= 0.6 is 0 Å². The number of rotatable bonds is 7. The van der Waals surface area contributed by atoms with Crippen LogP contribution in [0.2, 0.25) is 0 Å². The molecule has 1 aromatic heterocycles. The van der Waals surface area contributed by atoms with Crippen LogP contribution in [-0.4, -0.2) is 61.1 Å². The summed E-state index contributed by atoms with van der Waals surface area (Å²) in [5.74, 6) is 1.20. The van der Waals surface area contributed by atoms with Crippen molar-refractivity contribution in [2.45, 2.75) is 33.3 Å². The Hall–Kier alpha value is -2.22. The van der Waals surface area contributed by atoms with Gasteiger partial charge >= 0.3 is 29.6 Å². The number of carbonyl (C=O) groups is 1. The number of phenols is 1. The zero-order chi connectivity index (χ0) is 18.5. The molecule has 0 unspecified atom stereocenters. The molecule has 7 nitrogen and oxygen atoms in total. The molecule has 0 amide bonds. The molecule has 136 valence electrons. The molecule has 3 aromatic rings. The van der Waals surface area contributed by atoms with E-state index < -0.39 is 0 Å². The normalized spacial score (nSPS) is 10.3. The average Bonchev–Trinajstić information content (AvgIpc) is 3.17. The summed E-state index contributed by atoms with van der Waals surface area (Å²) in [5, 5.41) is 24.1. The molecule has 3 rings (SSSR count). The van der Waals surface area contributed by atoms with Gasteiger partial charge in [0, 0.05) is 11.1 Å². The molecule has 27 heavy (non-hydrogen) atoms.